The van der Waals surface area contributed by atoms with Crippen molar-refractivity contribution in [2.45, 2.75) is 0 Å². The molecule has 3 N–H and O–H groups in total. The SMILES string of the molecule is COC(=O)Nc1[nH]c2ccccc2[nH+]1.O=[N+]([O-])[O-]. The lowest BCUT2D eigenvalue weighted by atomic mass is 10.3. The molecule has 0 radical (unpaired) electrons. The van der Waals surface area contributed by atoms with Crippen LogP contribution in [0.4, 0.5) is 10.7 Å². The molecular formula is C9H10N4O5. The Bertz CT molecular complexity index is 516. The maximum atomic E-state index is 10.9. The van der Waals surface area contributed by atoms with Crippen molar-refractivity contribution in [1.82, 2.24) is 4.98 Å². The smallest absolute Gasteiger partial charge is 0.441 e. The van der Waals surface area contributed by atoms with Gasteiger partial charge in [0.25, 0.3) is 0 Å². The largest absolute Gasteiger partial charge is 0.476 e. The molecule has 0 unspecified atom stereocenters. The molecule has 9 nitrogen and oxygen atoms in total. The van der Waals surface area contributed by atoms with Crippen LogP contribution in [0.1, 0.15) is 0 Å². The van der Waals surface area contributed by atoms with Gasteiger partial charge in [0.1, 0.15) is 11.0 Å². The number of carbonyl (C=O) groups is 1. The fourth-order valence-electron chi connectivity index (χ4n) is 1.22. The van der Waals surface area contributed by atoms with E-state index in [0.29, 0.717) is 5.95 Å². The molecule has 1 aromatic carbocycles. The van der Waals surface area contributed by atoms with Crippen LogP contribution in [0.2, 0.25) is 0 Å². The summed E-state index contributed by atoms with van der Waals surface area (Å²) in [6, 6.07) is 7.64. The van der Waals surface area contributed by atoms with Crippen LogP contribution in [0.25, 0.3) is 11.0 Å². The second-order valence-corrected chi connectivity index (χ2v) is 3.01. The number of nitrogens with zero attached hydrogens (tertiary/aromatic N) is 1. The molecule has 2 rings (SSSR count). The fraction of sp³-hybridized carbons (Fsp3) is 0.111. The molecule has 0 bridgehead atoms. The number of methoxy groups -OCH3 is 1. The highest BCUT2D eigenvalue weighted by atomic mass is 16.9. The summed E-state index contributed by atoms with van der Waals surface area (Å²) in [6.45, 7) is 0. The highest BCUT2D eigenvalue weighted by Gasteiger charge is 2.12. The Labute approximate surface area is 101 Å². The van der Waals surface area contributed by atoms with Crippen molar-refractivity contribution >= 4 is 23.1 Å². The summed E-state index contributed by atoms with van der Waals surface area (Å²) >= 11 is 0. The van der Waals surface area contributed by atoms with Gasteiger partial charge >= 0.3 is 12.0 Å². The van der Waals surface area contributed by atoms with Crippen molar-refractivity contribution in [3.63, 3.8) is 0 Å². The van der Waals surface area contributed by atoms with Crippen molar-refractivity contribution in [2.24, 2.45) is 0 Å². The van der Waals surface area contributed by atoms with E-state index in [2.05, 4.69) is 20.0 Å². The van der Waals surface area contributed by atoms with Crippen LogP contribution in [0.3, 0.4) is 0 Å². The number of ether oxygens (including phenoxy) is 1. The molecule has 9 heteroatoms. The molecule has 0 aliphatic carbocycles. The third-order valence-electron chi connectivity index (χ3n) is 1.86. The number of carbonyl (C=O) groups excluding carboxylic acids is 1. The van der Waals surface area contributed by atoms with E-state index in [4.69, 9.17) is 15.3 Å². The van der Waals surface area contributed by atoms with Crippen molar-refractivity contribution in [3.05, 3.63) is 39.6 Å². The number of benzene rings is 1. The predicted octanol–water partition coefficient (Wildman–Crippen LogP) is 0.921. The van der Waals surface area contributed by atoms with Crippen LogP contribution in [-0.2, 0) is 4.74 Å². The van der Waals surface area contributed by atoms with E-state index >= 15 is 0 Å². The number of H-pyrrole nitrogens is 2. The molecule has 0 fully saturated rings. The lowest BCUT2D eigenvalue weighted by Gasteiger charge is -1.90. The number of hydrogen-bond donors (Lipinski definition) is 2. The Hall–Kier alpha value is -2.84. The van der Waals surface area contributed by atoms with Gasteiger partial charge in [0.15, 0.2) is 0 Å². The summed E-state index contributed by atoms with van der Waals surface area (Å²) in [6.07, 6.45) is -0.507. The normalized spacial score (nSPS) is 9.17. The monoisotopic (exact) mass is 254 g/mol. The number of rotatable bonds is 1. The van der Waals surface area contributed by atoms with Gasteiger partial charge in [-0.25, -0.2) is 14.8 Å². The molecule has 1 aromatic heterocycles. The fourth-order valence-corrected chi connectivity index (χ4v) is 1.22. The lowest BCUT2D eigenvalue weighted by Crippen LogP contribution is -2.17. The van der Waals surface area contributed by atoms with Crippen LogP contribution in [0, 0.1) is 15.3 Å². The van der Waals surface area contributed by atoms with Gasteiger partial charge in [-0.1, -0.05) is 12.1 Å². The summed E-state index contributed by atoms with van der Waals surface area (Å²) in [5, 5.41) is 17.3. The maximum absolute atomic E-state index is 10.9. The van der Waals surface area contributed by atoms with Crippen LogP contribution in [-0.4, -0.2) is 23.3 Å². The van der Waals surface area contributed by atoms with Crippen LogP contribution < -0.4 is 10.3 Å². The minimum absolute atomic E-state index is 0.507. The summed E-state index contributed by atoms with van der Waals surface area (Å²) in [4.78, 5) is 25.1. The highest BCUT2D eigenvalue weighted by molar-refractivity contribution is 5.83. The number of aromatic nitrogens is 2. The molecule has 96 valence electrons. The zero-order valence-electron chi connectivity index (χ0n) is 9.30. The number of para-hydroxylation sites is 2. The molecule has 1 heterocycles. The van der Waals surface area contributed by atoms with Crippen molar-refractivity contribution in [2.75, 3.05) is 12.4 Å². The number of amides is 1. The average Bonchev–Trinajstić information content (AvgIpc) is 2.70. The van der Waals surface area contributed by atoms with Gasteiger partial charge in [-0.3, -0.25) is 0 Å². The summed E-state index contributed by atoms with van der Waals surface area (Å²) in [5.74, 6) is 0.512. The van der Waals surface area contributed by atoms with E-state index in [0.717, 1.165) is 11.0 Å². The van der Waals surface area contributed by atoms with E-state index in [1.807, 2.05) is 24.3 Å². The third-order valence-corrected chi connectivity index (χ3v) is 1.86. The van der Waals surface area contributed by atoms with Crippen molar-refractivity contribution < 1.29 is 19.6 Å². The standard InChI is InChI=1S/C9H9N3O2.NO3/c1-14-9(13)12-8-10-6-4-2-3-5-7(6)11-8;2-1(3)4/h2-5H,1H3,(H2,10,11,12,13);/q;-1/p+1. The van der Waals surface area contributed by atoms with Gasteiger partial charge in [-0.05, 0) is 12.1 Å². The second-order valence-electron chi connectivity index (χ2n) is 3.01. The van der Waals surface area contributed by atoms with Crippen LogP contribution in [0.15, 0.2) is 24.3 Å². The number of aromatic amines is 2. The van der Waals surface area contributed by atoms with Gasteiger partial charge in [0.05, 0.1) is 12.2 Å². The molecule has 2 aromatic rings. The van der Waals surface area contributed by atoms with E-state index in [1.165, 1.54) is 7.11 Å². The molecule has 0 saturated heterocycles. The molecule has 18 heavy (non-hydrogen) atoms. The van der Waals surface area contributed by atoms with Gasteiger partial charge in [0, 0.05) is 0 Å². The summed E-state index contributed by atoms with van der Waals surface area (Å²) in [7, 11) is 1.32. The molecular weight excluding hydrogens is 244 g/mol. The molecule has 0 aliphatic heterocycles. The molecule has 0 saturated carbocycles. The summed E-state index contributed by atoms with van der Waals surface area (Å²) in [5.41, 5.74) is 1.86. The first kappa shape index (κ1) is 13.2. The Morgan fingerprint density at radius 3 is 2.61 bits per heavy atom. The zero-order chi connectivity index (χ0) is 13.5. The first-order valence-electron chi connectivity index (χ1n) is 4.69. The maximum Gasteiger partial charge on any atom is 0.476 e. The molecule has 0 aliphatic rings. The Morgan fingerprint density at radius 1 is 1.44 bits per heavy atom. The third kappa shape index (κ3) is 3.96. The predicted molar refractivity (Wildman–Crippen MR) is 61.2 cm³/mol. The van der Waals surface area contributed by atoms with E-state index in [-0.39, 0.29) is 0 Å². The van der Waals surface area contributed by atoms with Gasteiger partial charge in [-0.2, -0.15) is 5.32 Å². The number of anilines is 1. The Balaban J connectivity index is 0.000000357. The first-order valence-corrected chi connectivity index (χ1v) is 4.69. The number of nitrogens with one attached hydrogen (secondary N) is 3. The number of hydrogen-bond acceptors (Lipinski definition) is 5. The van der Waals surface area contributed by atoms with E-state index < -0.39 is 11.2 Å². The van der Waals surface area contributed by atoms with Crippen LogP contribution in [0.5, 0.6) is 0 Å². The topological polar surface area (TPSA) is 134 Å². The minimum Gasteiger partial charge on any atom is -0.441 e. The quantitative estimate of drug-likeness (QED) is 0.576. The molecule has 0 atom stereocenters. The summed E-state index contributed by atoms with van der Waals surface area (Å²) < 4.78 is 4.46. The van der Waals surface area contributed by atoms with Gasteiger partial charge in [-0.15, -0.1) is 0 Å². The van der Waals surface area contributed by atoms with Gasteiger partial charge in [0.2, 0.25) is 0 Å². The van der Waals surface area contributed by atoms with Gasteiger partial charge < -0.3 is 20.1 Å². The Kier molecular flexibility index (Phi) is 4.43. The van der Waals surface area contributed by atoms with Crippen molar-refractivity contribution in [3.8, 4) is 0 Å². The van der Waals surface area contributed by atoms with Crippen LogP contribution >= 0.6 is 0 Å². The number of fused-ring (bicyclic) bond motifs is 1. The zero-order valence-corrected chi connectivity index (χ0v) is 9.30. The number of imidazole rings is 1. The minimum atomic E-state index is -1.75. The van der Waals surface area contributed by atoms with Crippen molar-refractivity contribution in [1.29, 1.82) is 0 Å². The molecule has 0 spiro atoms. The second kappa shape index (κ2) is 6.03. The highest BCUT2D eigenvalue weighted by Crippen LogP contribution is 2.08. The van der Waals surface area contributed by atoms with E-state index in [1.54, 1.807) is 0 Å². The average molecular weight is 254 g/mol. The first-order chi connectivity index (χ1) is 8.52. The lowest BCUT2D eigenvalue weighted by molar-refractivity contribution is -0.402. The van der Waals surface area contributed by atoms with E-state index in [9.17, 15) is 4.79 Å². The molecule has 1 amide bonds. The Morgan fingerprint density at radius 2 is 2.06 bits per heavy atom.